The average Bonchev–Trinajstić information content (AvgIpc) is 1.84. The molecule has 1 aliphatic rings. The molecular weight excluding hydrogens is 150 g/mol. The summed E-state index contributed by atoms with van der Waals surface area (Å²) in [7, 11) is 0. The van der Waals surface area contributed by atoms with Gasteiger partial charge < -0.3 is 5.32 Å². The van der Waals surface area contributed by atoms with Gasteiger partial charge in [0.05, 0.1) is 10.9 Å². The molecule has 0 radical (unpaired) electrons. The number of amides is 1. The smallest absolute Gasteiger partial charge is 0.259 e. The quantitative estimate of drug-likeness (QED) is 0.497. The van der Waals surface area contributed by atoms with E-state index in [-0.39, 0.29) is 29.0 Å². The summed E-state index contributed by atoms with van der Waals surface area (Å²) in [6.07, 6.45) is 0.127. The van der Waals surface area contributed by atoms with Crippen LogP contribution < -0.4 is 5.32 Å². The molecule has 0 spiro atoms. The lowest BCUT2D eigenvalue weighted by molar-refractivity contribution is -0.125. The van der Waals surface area contributed by atoms with Crippen LogP contribution in [0.2, 0.25) is 0 Å². The van der Waals surface area contributed by atoms with Crippen LogP contribution in [0.1, 0.15) is 13.3 Å². The minimum Gasteiger partial charge on any atom is -0.342 e. The lowest BCUT2D eigenvalue weighted by Gasteiger charge is -2.17. The summed E-state index contributed by atoms with van der Waals surface area (Å²) in [4.78, 5) is 21.8. The number of piperidine rings is 1. The second-order valence-corrected chi connectivity index (χ2v) is 2.75. The number of carbonyl (C=O) groups is 2. The minimum absolute atomic E-state index is 0.00963. The van der Waals surface area contributed by atoms with Crippen LogP contribution >= 0.6 is 12.2 Å². The van der Waals surface area contributed by atoms with E-state index in [0.29, 0.717) is 0 Å². The van der Waals surface area contributed by atoms with Crippen molar-refractivity contribution in [1.29, 1.82) is 0 Å². The normalized spacial score (nSPS) is 26.5. The molecule has 1 N–H and O–H groups in total. The van der Waals surface area contributed by atoms with Crippen LogP contribution in [0.15, 0.2) is 0 Å². The fourth-order valence-electron chi connectivity index (χ4n) is 0.749. The first kappa shape index (κ1) is 7.34. The van der Waals surface area contributed by atoms with Gasteiger partial charge in [0.15, 0.2) is 5.78 Å². The van der Waals surface area contributed by atoms with E-state index in [0.717, 1.165) is 0 Å². The number of Topliss-reactive ketones (excluding diaryl/α,β-unsaturated/α-hetero) is 1. The summed E-state index contributed by atoms with van der Waals surface area (Å²) in [5, 5.41) is 2.45. The molecule has 1 unspecified atom stereocenters. The number of nitrogens with one attached hydrogen (secondary N) is 1. The van der Waals surface area contributed by atoms with Gasteiger partial charge in [0, 0.05) is 6.42 Å². The topological polar surface area (TPSA) is 46.2 Å². The number of ketones is 1. The third-order valence-corrected chi connectivity index (χ3v) is 1.75. The first-order chi connectivity index (χ1) is 4.61. The van der Waals surface area contributed by atoms with Crippen molar-refractivity contribution < 1.29 is 9.59 Å². The molecule has 1 fully saturated rings. The van der Waals surface area contributed by atoms with Crippen molar-refractivity contribution in [2.24, 2.45) is 0 Å². The van der Waals surface area contributed by atoms with Crippen molar-refractivity contribution in [3.8, 4) is 0 Å². The third-order valence-electron chi connectivity index (χ3n) is 1.42. The van der Waals surface area contributed by atoms with Gasteiger partial charge in [-0.1, -0.05) is 12.2 Å². The zero-order chi connectivity index (χ0) is 7.72. The fraction of sp³-hybridized carbons (Fsp3) is 0.500. The second kappa shape index (κ2) is 2.46. The highest BCUT2D eigenvalue weighted by atomic mass is 32.1. The van der Waals surface area contributed by atoms with Crippen LogP contribution in [-0.4, -0.2) is 22.6 Å². The molecule has 4 heteroatoms. The summed E-state index contributed by atoms with van der Waals surface area (Å²) in [5.74, 6) is -0.285. The molecular formula is C6H7NO2S. The highest BCUT2D eigenvalue weighted by Crippen LogP contribution is 2.01. The van der Waals surface area contributed by atoms with Gasteiger partial charge in [-0.15, -0.1) is 0 Å². The first-order valence-electron chi connectivity index (χ1n) is 2.97. The number of carbonyl (C=O) groups excluding carboxylic acids is 2. The molecule has 0 bridgehead atoms. The molecule has 1 heterocycles. The van der Waals surface area contributed by atoms with Crippen molar-refractivity contribution in [2.45, 2.75) is 19.4 Å². The van der Waals surface area contributed by atoms with Gasteiger partial charge in [-0.25, -0.2) is 0 Å². The Labute approximate surface area is 63.8 Å². The molecule has 0 aromatic heterocycles. The van der Waals surface area contributed by atoms with Crippen molar-refractivity contribution in [2.75, 3.05) is 0 Å². The molecule has 1 aliphatic heterocycles. The van der Waals surface area contributed by atoms with E-state index in [4.69, 9.17) is 0 Å². The third kappa shape index (κ3) is 1.21. The molecule has 1 saturated heterocycles. The van der Waals surface area contributed by atoms with Crippen molar-refractivity contribution in [3.05, 3.63) is 0 Å². The highest BCUT2D eigenvalue weighted by molar-refractivity contribution is 7.82. The maximum atomic E-state index is 10.8. The SMILES string of the molecule is CC1NC(=O)C(=S)CC1=O. The molecule has 0 aromatic rings. The van der Waals surface area contributed by atoms with Gasteiger partial charge >= 0.3 is 0 Å². The lowest BCUT2D eigenvalue weighted by atomic mass is 10.0. The van der Waals surface area contributed by atoms with Crippen molar-refractivity contribution >= 4 is 28.8 Å². The Kier molecular flexibility index (Phi) is 1.80. The first-order valence-corrected chi connectivity index (χ1v) is 3.38. The molecule has 1 rings (SSSR count). The Morgan fingerprint density at radius 2 is 2.20 bits per heavy atom. The van der Waals surface area contributed by atoms with Crippen LogP contribution in [-0.2, 0) is 9.59 Å². The predicted octanol–water partition coefficient (Wildman–Crippen LogP) is -0.166. The van der Waals surface area contributed by atoms with Gasteiger partial charge in [0.2, 0.25) is 0 Å². The van der Waals surface area contributed by atoms with E-state index >= 15 is 0 Å². The van der Waals surface area contributed by atoms with E-state index in [1.165, 1.54) is 0 Å². The molecule has 0 aromatic carbocycles. The van der Waals surface area contributed by atoms with Crippen LogP contribution in [0.3, 0.4) is 0 Å². The number of hydrogen-bond donors (Lipinski definition) is 1. The average molecular weight is 157 g/mol. The zero-order valence-corrected chi connectivity index (χ0v) is 6.33. The predicted molar refractivity (Wildman–Crippen MR) is 39.8 cm³/mol. The van der Waals surface area contributed by atoms with Crippen molar-refractivity contribution in [3.63, 3.8) is 0 Å². The number of hydrogen-bond acceptors (Lipinski definition) is 3. The van der Waals surface area contributed by atoms with Crippen molar-refractivity contribution in [1.82, 2.24) is 5.32 Å². The zero-order valence-electron chi connectivity index (χ0n) is 5.51. The number of rotatable bonds is 0. The molecule has 1 atom stereocenters. The highest BCUT2D eigenvalue weighted by Gasteiger charge is 2.26. The largest absolute Gasteiger partial charge is 0.342 e. The Hall–Kier alpha value is -0.770. The molecule has 10 heavy (non-hydrogen) atoms. The second-order valence-electron chi connectivity index (χ2n) is 2.26. The molecule has 54 valence electrons. The number of thiocarbonyl (C=S) groups is 1. The molecule has 1 amide bonds. The summed E-state index contributed by atoms with van der Waals surface area (Å²) in [6.45, 7) is 1.65. The van der Waals surface area contributed by atoms with E-state index in [1.54, 1.807) is 6.92 Å². The van der Waals surface area contributed by atoms with Crippen LogP contribution in [0.25, 0.3) is 0 Å². The van der Waals surface area contributed by atoms with Crippen LogP contribution in [0, 0.1) is 0 Å². The fourth-order valence-corrected chi connectivity index (χ4v) is 0.950. The van der Waals surface area contributed by atoms with Gasteiger partial charge in [-0.2, -0.15) is 0 Å². The van der Waals surface area contributed by atoms with Gasteiger partial charge in [-0.05, 0) is 6.92 Å². The standard InChI is InChI=1S/C6H7NO2S/c1-3-4(8)2-5(10)6(9)7-3/h3H,2H2,1H3,(H,7,9). The minimum atomic E-state index is -0.362. The van der Waals surface area contributed by atoms with Gasteiger partial charge in [0.25, 0.3) is 5.91 Å². The van der Waals surface area contributed by atoms with Gasteiger partial charge in [0.1, 0.15) is 0 Å². The molecule has 0 saturated carbocycles. The summed E-state index contributed by atoms with van der Waals surface area (Å²) in [6, 6.07) is -0.362. The maximum Gasteiger partial charge on any atom is 0.259 e. The van der Waals surface area contributed by atoms with E-state index in [1.807, 2.05) is 0 Å². The molecule has 0 aliphatic carbocycles. The van der Waals surface area contributed by atoms with Crippen LogP contribution in [0.4, 0.5) is 0 Å². The Morgan fingerprint density at radius 3 is 2.70 bits per heavy atom. The van der Waals surface area contributed by atoms with Crippen LogP contribution in [0.5, 0.6) is 0 Å². The summed E-state index contributed by atoms with van der Waals surface area (Å²) < 4.78 is 0. The van der Waals surface area contributed by atoms with E-state index in [2.05, 4.69) is 17.5 Å². The Morgan fingerprint density at radius 1 is 1.60 bits per heavy atom. The lowest BCUT2D eigenvalue weighted by Crippen LogP contribution is -2.48. The summed E-state index contributed by atoms with van der Waals surface area (Å²) >= 11 is 4.63. The Bertz CT molecular complexity index is 212. The van der Waals surface area contributed by atoms with E-state index in [9.17, 15) is 9.59 Å². The molecule has 3 nitrogen and oxygen atoms in total. The monoisotopic (exact) mass is 157 g/mol. The van der Waals surface area contributed by atoms with E-state index < -0.39 is 0 Å². The maximum absolute atomic E-state index is 10.8. The Balaban J connectivity index is 2.72. The summed E-state index contributed by atoms with van der Waals surface area (Å²) in [5.41, 5.74) is 0. The van der Waals surface area contributed by atoms with Gasteiger partial charge in [-0.3, -0.25) is 9.59 Å².